The second kappa shape index (κ2) is 6.27. The molecule has 0 bridgehead atoms. The zero-order valence-electron chi connectivity index (χ0n) is 12.5. The number of hydrogen-bond donors (Lipinski definition) is 2. The van der Waals surface area contributed by atoms with Crippen LogP contribution in [0, 0.1) is 5.92 Å². The van der Waals surface area contributed by atoms with Crippen molar-refractivity contribution in [1.82, 2.24) is 5.32 Å². The molecule has 116 valence electrons. The molecule has 3 rings (SSSR count). The predicted octanol–water partition coefficient (Wildman–Crippen LogP) is 4.00. The molecule has 2 N–H and O–H groups in total. The number of carbonyl (C=O) groups excluding carboxylic acids is 1. The van der Waals surface area contributed by atoms with E-state index >= 15 is 0 Å². The zero-order chi connectivity index (χ0) is 15.5. The van der Waals surface area contributed by atoms with Gasteiger partial charge in [0.25, 0.3) is 0 Å². The van der Waals surface area contributed by atoms with Crippen molar-refractivity contribution in [2.45, 2.75) is 19.9 Å². The highest BCUT2D eigenvalue weighted by molar-refractivity contribution is 7.10. The molecular formula is C16H18N2O3S. The molecular weight excluding hydrogens is 300 g/mol. The molecule has 0 fully saturated rings. The van der Waals surface area contributed by atoms with Crippen LogP contribution in [0.25, 0.3) is 0 Å². The summed E-state index contributed by atoms with van der Waals surface area (Å²) in [6.07, 6.45) is 0. The molecule has 0 aliphatic carbocycles. The first-order valence-electron chi connectivity index (χ1n) is 7.14. The number of hydrogen-bond acceptors (Lipinski definition) is 4. The standard InChI is InChI=1S/C16H18N2O3S/c1-10(2)15(14-4-3-7-22-14)18-16(19)17-11-5-6-12-13(8-11)21-9-20-12/h3-8,10,15H,9H2,1-2H3,(H2,17,18,19)/t15-/m0/s1. The SMILES string of the molecule is CC(C)[C@H](NC(=O)Nc1ccc2c(c1)OCO2)c1cccs1. The summed E-state index contributed by atoms with van der Waals surface area (Å²) >= 11 is 1.64. The number of nitrogens with one attached hydrogen (secondary N) is 2. The Hall–Kier alpha value is -2.21. The van der Waals surface area contributed by atoms with Gasteiger partial charge in [-0.3, -0.25) is 0 Å². The quantitative estimate of drug-likeness (QED) is 0.896. The number of amides is 2. The first kappa shape index (κ1) is 14.7. The molecule has 1 aromatic carbocycles. The van der Waals surface area contributed by atoms with Crippen LogP contribution >= 0.6 is 11.3 Å². The predicted molar refractivity (Wildman–Crippen MR) is 86.6 cm³/mol. The Balaban J connectivity index is 1.66. The first-order chi connectivity index (χ1) is 10.6. The van der Waals surface area contributed by atoms with E-state index in [0.717, 1.165) is 4.88 Å². The van der Waals surface area contributed by atoms with Gasteiger partial charge >= 0.3 is 6.03 Å². The highest BCUT2D eigenvalue weighted by Crippen LogP contribution is 2.34. The zero-order valence-corrected chi connectivity index (χ0v) is 13.3. The fourth-order valence-corrected chi connectivity index (χ4v) is 3.27. The summed E-state index contributed by atoms with van der Waals surface area (Å²) in [7, 11) is 0. The van der Waals surface area contributed by atoms with Gasteiger partial charge < -0.3 is 20.1 Å². The van der Waals surface area contributed by atoms with Crippen LogP contribution in [0.1, 0.15) is 24.8 Å². The lowest BCUT2D eigenvalue weighted by Gasteiger charge is -2.21. The minimum Gasteiger partial charge on any atom is -0.454 e. The number of benzene rings is 1. The Morgan fingerprint density at radius 3 is 2.77 bits per heavy atom. The molecule has 2 amide bonds. The van der Waals surface area contributed by atoms with Gasteiger partial charge in [-0.15, -0.1) is 11.3 Å². The molecule has 2 heterocycles. The number of urea groups is 1. The van der Waals surface area contributed by atoms with E-state index in [2.05, 4.69) is 24.5 Å². The summed E-state index contributed by atoms with van der Waals surface area (Å²) in [5.41, 5.74) is 0.676. The Labute approximate surface area is 133 Å². The lowest BCUT2D eigenvalue weighted by molar-refractivity contribution is 0.174. The van der Waals surface area contributed by atoms with Crippen molar-refractivity contribution >= 4 is 23.1 Å². The van der Waals surface area contributed by atoms with E-state index in [1.165, 1.54) is 0 Å². The minimum atomic E-state index is -0.231. The summed E-state index contributed by atoms with van der Waals surface area (Å²) in [6.45, 7) is 4.40. The summed E-state index contributed by atoms with van der Waals surface area (Å²) < 4.78 is 10.6. The van der Waals surface area contributed by atoms with Gasteiger partial charge in [0.15, 0.2) is 11.5 Å². The van der Waals surface area contributed by atoms with Crippen LogP contribution in [-0.2, 0) is 0 Å². The van der Waals surface area contributed by atoms with Crippen LogP contribution in [0.5, 0.6) is 11.5 Å². The number of anilines is 1. The first-order valence-corrected chi connectivity index (χ1v) is 8.02. The summed E-state index contributed by atoms with van der Waals surface area (Å²) in [5, 5.41) is 7.88. The molecule has 2 aromatic rings. The Morgan fingerprint density at radius 1 is 1.23 bits per heavy atom. The summed E-state index contributed by atoms with van der Waals surface area (Å²) in [4.78, 5) is 13.4. The number of carbonyl (C=O) groups is 1. The molecule has 22 heavy (non-hydrogen) atoms. The van der Waals surface area contributed by atoms with Crippen LogP contribution in [0.15, 0.2) is 35.7 Å². The van der Waals surface area contributed by atoms with Crippen LogP contribution in [0.2, 0.25) is 0 Å². The minimum absolute atomic E-state index is 0.00555. The van der Waals surface area contributed by atoms with Gasteiger partial charge in [0.1, 0.15) is 0 Å². The van der Waals surface area contributed by atoms with Crippen LogP contribution in [-0.4, -0.2) is 12.8 Å². The summed E-state index contributed by atoms with van der Waals surface area (Å²) in [5.74, 6) is 1.65. The van der Waals surface area contributed by atoms with Crippen molar-refractivity contribution in [2.75, 3.05) is 12.1 Å². The van der Waals surface area contributed by atoms with Gasteiger partial charge in [-0.2, -0.15) is 0 Å². The maximum absolute atomic E-state index is 12.2. The third kappa shape index (κ3) is 3.17. The second-order valence-corrected chi connectivity index (χ2v) is 6.38. The Morgan fingerprint density at radius 2 is 2.05 bits per heavy atom. The van der Waals surface area contributed by atoms with Crippen molar-refractivity contribution < 1.29 is 14.3 Å². The average Bonchev–Trinajstić information content (AvgIpc) is 3.15. The van der Waals surface area contributed by atoms with Gasteiger partial charge in [-0.1, -0.05) is 19.9 Å². The molecule has 1 atom stereocenters. The Kier molecular flexibility index (Phi) is 4.20. The van der Waals surface area contributed by atoms with Gasteiger partial charge in [0.05, 0.1) is 6.04 Å². The second-order valence-electron chi connectivity index (χ2n) is 5.40. The van der Waals surface area contributed by atoms with E-state index in [1.54, 1.807) is 29.5 Å². The molecule has 1 aliphatic rings. The van der Waals surface area contributed by atoms with Crippen molar-refractivity contribution in [3.8, 4) is 11.5 Å². The van der Waals surface area contributed by atoms with E-state index in [0.29, 0.717) is 23.1 Å². The fraction of sp³-hybridized carbons (Fsp3) is 0.312. The average molecular weight is 318 g/mol. The molecule has 0 saturated carbocycles. The van der Waals surface area contributed by atoms with Crippen LogP contribution < -0.4 is 20.1 Å². The van der Waals surface area contributed by atoms with Gasteiger partial charge in [-0.25, -0.2) is 4.79 Å². The molecule has 1 aromatic heterocycles. The van der Waals surface area contributed by atoms with Gasteiger partial charge in [0, 0.05) is 16.6 Å². The smallest absolute Gasteiger partial charge is 0.319 e. The number of thiophene rings is 1. The number of ether oxygens (including phenoxy) is 2. The van der Waals surface area contributed by atoms with E-state index in [4.69, 9.17) is 9.47 Å². The normalized spacial score (nSPS) is 14.0. The molecule has 6 heteroatoms. The summed E-state index contributed by atoms with van der Waals surface area (Å²) in [6, 6.07) is 9.14. The molecule has 5 nitrogen and oxygen atoms in total. The van der Waals surface area contributed by atoms with Crippen LogP contribution in [0.3, 0.4) is 0 Å². The largest absolute Gasteiger partial charge is 0.454 e. The maximum Gasteiger partial charge on any atom is 0.319 e. The number of fused-ring (bicyclic) bond motifs is 1. The molecule has 0 unspecified atom stereocenters. The highest BCUT2D eigenvalue weighted by Gasteiger charge is 2.20. The van der Waals surface area contributed by atoms with Crippen molar-refractivity contribution in [3.05, 3.63) is 40.6 Å². The third-order valence-electron chi connectivity index (χ3n) is 3.43. The van der Waals surface area contributed by atoms with Crippen molar-refractivity contribution in [3.63, 3.8) is 0 Å². The number of rotatable bonds is 4. The highest BCUT2D eigenvalue weighted by atomic mass is 32.1. The molecule has 0 saturated heterocycles. The van der Waals surface area contributed by atoms with E-state index in [9.17, 15) is 4.79 Å². The lowest BCUT2D eigenvalue weighted by Crippen LogP contribution is -2.34. The lowest BCUT2D eigenvalue weighted by atomic mass is 10.0. The topological polar surface area (TPSA) is 59.6 Å². The molecule has 0 radical (unpaired) electrons. The third-order valence-corrected chi connectivity index (χ3v) is 4.39. The Bertz CT molecular complexity index is 655. The van der Waals surface area contributed by atoms with Gasteiger partial charge in [0.2, 0.25) is 6.79 Å². The fourth-order valence-electron chi connectivity index (χ4n) is 2.32. The van der Waals surface area contributed by atoms with Crippen LogP contribution in [0.4, 0.5) is 10.5 Å². The monoisotopic (exact) mass is 318 g/mol. The van der Waals surface area contributed by atoms with E-state index < -0.39 is 0 Å². The molecule has 1 aliphatic heterocycles. The van der Waals surface area contributed by atoms with E-state index in [-0.39, 0.29) is 18.9 Å². The molecule has 0 spiro atoms. The van der Waals surface area contributed by atoms with E-state index in [1.807, 2.05) is 17.5 Å². The van der Waals surface area contributed by atoms with Crippen molar-refractivity contribution in [1.29, 1.82) is 0 Å². The van der Waals surface area contributed by atoms with Crippen molar-refractivity contribution in [2.24, 2.45) is 5.92 Å². The van der Waals surface area contributed by atoms with Gasteiger partial charge in [-0.05, 0) is 29.5 Å². The maximum atomic E-state index is 12.2.